The number of rotatable bonds is 4. The zero-order valence-corrected chi connectivity index (χ0v) is 12.9. The number of ether oxygens (including phenoxy) is 1. The van der Waals surface area contributed by atoms with Gasteiger partial charge in [0.05, 0.1) is 6.61 Å². The number of hydrogen-bond acceptors (Lipinski definition) is 5. The highest BCUT2D eigenvalue weighted by Crippen LogP contribution is 2.15. The minimum absolute atomic E-state index is 0.154. The van der Waals surface area contributed by atoms with Gasteiger partial charge in [0.2, 0.25) is 0 Å². The van der Waals surface area contributed by atoms with Crippen molar-refractivity contribution in [1.82, 2.24) is 9.80 Å². The molecule has 1 saturated heterocycles. The van der Waals surface area contributed by atoms with Gasteiger partial charge in [0, 0.05) is 19.1 Å². The van der Waals surface area contributed by atoms with Crippen molar-refractivity contribution >= 4 is 18.0 Å². The molecular formula is C13H24N2O6. The maximum absolute atomic E-state index is 11.4. The lowest BCUT2D eigenvalue weighted by Crippen LogP contribution is -2.49. The molecule has 1 atom stereocenters. The van der Waals surface area contributed by atoms with Crippen molar-refractivity contribution in [3.05, 3.63) is 0 Å². The molecule has 0 saturated carbocycles. The monoisotopic (exact) mass is 304 g/mol. The maximum atomic E-state index is 11.4. The van der Waals surface area contributed by atoms with Crippen LogP contribution in [0.1, 0.15) is 20.3 Å². The molecular weight excluding hydrogens is 280 g/mol. The molecule has 0 unspecified atom stereocenters. The van der Waals surface area contributed by atoms with Crippen molar-refractivity contribution < 1.29 is 29.3 Å². The van der Waals surface area contributed by atoms with Crippen LogP contribution in [0.3, 0.4) is 0 Å². The van der Waals surface area contributed by atoms with Crippen LogP contribution in [-0.4, -0.2) is 77.9 Å². The standard InChI is InChI=1S/C11H22N2O2.C2H2O4/c1-9-7-13(8-9)11(14)15-6-5-10(2)12(3)4;3-1(4)2(5)6/h9-10H,5-8H2,1-4H3;(H,3,4)(H,5,6)/t10-;/m0./s1. The van der Waals surface area contributed by atoms with Crippen molar-refractivity contribution in [2.75, 3.05) is 33.8 Å². The van der Waals surface area contributed by atoms with Gasteiger partial charge in [0.25, 0.3) is 0 Å². The number of carbonyl (C=O) groups excluding carboxylic acids is 1. The van der Waals surface area contributed by atoms with Crippen LogP contribution in [0.2, 0.25) is 0 Å². The zero-order valence-electron chi connectivity index (χ0n) is 12.9. The van der Waals surface area contributed by atoms with Crippen LogP contribution in [0.25, 0.3) is 0 Å². The van der Waals surface area contributed by atoms with Crippen LogP contribution in [0.5, 0.6) is 0 Å². The van der Waals surface area contributed by atoms with Gasteiger partial charge in [-0.2, -0.15) is 0 Å². The van der Waals surface area contributed by atoms with Crippen molar-refractivity contribution in [3.63, 3.8) is 0 Å². The highest BCUT2D eigenvalue weighted by Gasteiger charge is 2.28. The molecule has 0 radical (unpaired) electrons. The number of nitrogens with zero attached hydrogens (tertiary/aromatic N) is 2. The van der Waals surface area contributed by atoms with Gasteiger partial charge in [-0.25, -0.2) is 14.4 Å². The fourth-order valence-corrected chi connectivity index (χ4v) is 1.51. The zero-order chi connectivity index (χ0) is 16.6. The van der Waals surface area contributed by atoms with Gasteiger partial charge in [-0.05, 0) is 33.4 Å². The number of carboxylic acids is 2. The van der Waals surface area contributed by atoms with E-state index < -0.39 is 11.9 Å². The van der Waals surface area contributed by atoms with E-state index in [2.05, 4.69) is 18.7 Å². The Kier molecular flexibility index (Phi) is 8.37. The summed E-state index contributed by atoms with van der Waals surface area (Å²) in [5.41, 5.74) is 0. The molecule has 1 fully saturated rings. The predicted molar refractivity (Wildman–Crippen MR) is 75.1 cm³/mol. The van der Waals surface area contributed by atoms with E-state index in [1.807, 2.05) is 14.1 Å². The lowest BCUT2D eigenvalue weighted by atomic mass is 10.0. The Morgan fingerprint density at radius 3 is 2.05 bits per heavy atom. The van der Waals surface area contributed by atoms with E-state index in [-0.39, 0.29) is 6.09 Å². The van der Waals surface area contributed by atoms with Crippen LogP contribution in [0.4, 0.5) is 4.79 Å². The van der Waals surface area contributed by atoms with Crippen LogP contribution < -0.4 is 0 Å². The van der Waals surface area contributed by atoms with Gasteiger partial charge >= 0.3 is 18.0 Å². The summed E-state index contributed by atoms with van der Waals surface area (Å²) in [5.74, 6) is -3.01. The predicted octanol–water partition coefficient (Wildman–Crippen LogP) is 0.571. The van der Waals surface area contributed by atoms with Crippen LogP contribution in [0, 0.1) is 5.92 Å². The van der Waals surface area contributed by atoms with Gasteiger partial charge < -0.3 is 24.7 Å². The van der Waals surface area contributed by atoms with Gasteiger partial charge in [-0.3, -0.25) is 0 Å². The van der Waals surface area contributed by atoms with Crippen molar-refractivity contribution in [2.24, 2.45) is 5.92 Å². The minimum atomic E-state index is -1.82. The van der Waals surface area contributed by atoms with E-state index in [9.17, 15) is 4.79 Å². The maximum Gasteiger partial charge on any atom is 0.414 e. The quantitative estimate of drug-likeness (QED) is 0.731. The number of likely N-dealkylation sites (tertiary alicyclic amines) is 1. The number of aliphatic carboxylic acids is 2. The lowest BCUT2D eigenvalue weighted by molar-refractivity contribution is -0.159. The van der Waals surface area contributed by atoms with E-state index >= 15 is 0 Å². The van der Waals surface area contributed by atoms with Crippen LogP contribution in [0.15, 0.2) is 0 Å². The first-order chi connectivity index (χ1) is 9.65. The van der Waals surface area contributed by atoms with Crippen LogP contribution in [-0.2, 0) is 14.3 Å². The Bertz CT molecular complexity index is 354. The molecule has 0 aromatic heterocycles. The Morgan fingerprint density at radius 1 is 1.24 bits per heavy atom. The third-order valence-corrected chi connectivity index (χ3v) is 3.15. The normalized spacial score (nSPS) is 15.6. The van der Waals surface area contributed by atoms with Crippen molar-refractivity contribution in [1.29, 1.82) is 0 Å². The Labute approximate surface area is 124 Å². The average Bonchev–Trinajstić information content (AvgIpc) is 2.35. The average molecular weight is 304 g/mol. The lowest BCUT2D eigenvalue weighted by Gasteiger charge is -2.36. The smallest absolute Gasteiger partial charge is 0.414 e. The molecule has 0 bridgehead atoms. The summed E-state index contributed by atoms with van der Waals surface area (Å²) >= 11 is 0. The first-order valence-electron chi connectivity index (χ1n) is 6.69. The third kappa shape index (κ3) is 8.13. The number of carboxylic acid groups (broad SMARTS) is 2. The molecule has 0 aromatic rings. The fraction of sp³-hybridized carbons (Fsp3) is 0.769. The first-order valence-corrected chi connectivity index (χ1v) is 6.69. The van der Waals surface area contributed by atoms with E-state index in [0.29, 0.717) is 18.6 Å². The molecule has 1 aliphatic rings. The highest BCUT2D eigenvalue weighted by atomic mass is 16.6. The summed E-state index contributed by atoms with van der Waals surface area (Å²) in [6.07, 6.45) is 0.737. The molecule has 8 nitrogen and oxygen atoms in total. The highest BCUT2D eigenvalue weighted by molar-refractivity contribution is 6.27. The summed E-state index contributed by atoms with van der Waals surface area (Å²) in [5, 5.41) is 14.8. The molecule has 1 aliphatic heterocycles. The Morgan fingerprint density at radius 2 is 1.71 bits per heavy atom. The van der Waals surface area contributed by atoms with E-state index in [1.165, 1.54) is 0 Å². The molecule has 0 aromatic carbocycles. The molecule has 0 spiro atoms. The molecule has 2 N–H and O–H groups in total. The van der Waals surface area contributed by atoms with Gasteiger partial charge in [-0.1, -0.05) is 6.92 Å². The van der Waals surface area contributed by atoms with E-state index in [1.54, 1.807) is 4.90 Å². The van der Waals surface area contributed by atoms with Gasteiger partial charge in [0.15, 0.2) is 0 Å². The number of carbonyl (C=O) groups is 3. The second kappa shape index (κ2) is 9.17. The second-order valence-corrected chi connectivity index (χ2v) is 5.34. The minimum Gasteiger partial charge on any atom is -0.473 e. The van der Waals surface area contributed by atoms with Crippen LogP contribution >= 0.6 is 0 Å². The SMILES string of the molecule is CC1CN(C(=O)OCC[C@H](C)N(C)C)C1.O=C(O)C(=O)O. The largest absolute Gasteiger partial charge is 0.473 e. The second-order valence-electron chi connectivity index (χ2n) is 5.34. The van der Waals surface area contributed by atoms with E-state index in [0.717, 1.165) is 19.5 Å². The fourth-order valence-electron chi connectivity index (χ4n) is 1.51. The first kappa shape index (κ1) is 19.2. The van der Waals surface area contributed by atoms with E-state index in [4.69, 9.17) is 24.5 Å². The summed E-state index contributed by atoms with van der Waals surface area (Å²) in [4.78, 5) is 33.5. The molecule has 21 heavy (non-hydrogen) atoms. The molecule has 0 aliphatic carbocycles. The number of hydrogen-bond donors (Lipinski definition) is 2. The summed E-state index contributed by atoms with van der Waals surface area (Å²) in [6, 6.07) is 0.452. The van der Waals surface area contributed by atoms with Crippen molar-refractivity contribution in [2.45, 2.75) is 26.3 Å². The Balaban J connectivity index is 0.000000567. The number of amides is 1. The molecule has 122 valence electrons. The third-order valence-electron chi connectivity index (χ3n) is 3.15. The summed E-state index contributed by atoms with van der Waals surface area (Å²) < 4.78 is 5.18. The van der Waals surface area contributed by atoms with Gasteiger partial charge in [-0.15, -0.1) is 0 Å². The molecule has 1 amide bonds. The summed E-state index contributed by atoms with van der Waals surface area (Å²) in [7, 11) is 4.06. The molecule has 8 heteroatoms. The Hall–Kier alpha value is -1.83. The topological polar surface area (TPSA) is 107 Å². The van der Waals surface area contributed by atoms with Crippen molar-refractivity contribution in [3.8, 4) is 0 Å². The molecule has 1 heterocycles. The summed E-state index contributed by atoms with van der Waals surface area (Å²) in [6.45, 7) is 6.48. The van der Waals surface area contributed by atoms with Gasteiger partial charge in [0.1, 0.15) is 0 Å². The molecule has 1 rings (SSSR count).